The highest BCUT2D eigenvalue weighted by Gasteiger charge is 2.26. The van der Waals surface area contributed by atoms with Gasteiger partial charge in [0.2, 0.25) is 10.0 Å². The summed E-state index contributed by atoms with van der Waals surface area (Å²) in [6.45, 7) is 4.30. The molecular formula is C22H27N3O4S. The molecule has 2 N–H and O–H groups in total. The lowest BCUT2D eigenvalue weighted by Crippen LogP contribution is -2.37. The van der Waals surface area contributed by atoms with E-state index < -0.39 is 15.9 Å². The van der Waals surface area contributed by atoms with Gasteiger partial charge in [-0.2, -0.15) is 0 Å². The number of sulfonamides is 1. The van der Waals surface area contributed by atoms with Crippen LogP contribution in [0.3, 0.4) is 0 Å². The maximum absolute atomic E-state index is 12.9. The molecule has 0 aromatic heterocycles. The molecule has 0 radical (unpaired) electrons. The van der Waals surface area contributed by atoms with E-state index in [1.807, 2.05) is 13.8 Å². The Morgan fingerprint density at radius 1 is 1.07 bits per heavy atom. The summed E-state index contributed by atoms with van der Waals surface area (Å²) in [6.07, 6.45) is 2.23. The molecule has 1 aliphatic heterocycles. The van der Waals surface area contributed by atoms with Crippen molar-refractivity contribution in [3.63, 3.8) is 0 Å². The number of anilines is 2. The SMILES string of the molecule is CC[C@H](C)NC(=O)c1ccccc1NC(=O)c1cccc(N2CCCCS2(=O)=O)c1. The summed E-state index contributed by atoms with van der Waals surface area (Å²) in [5.74, 6) is -0.550. The summed E-state index contributed by atoms with van der Waals surface area (Å²) in [5.41, 5.74) is 1.58. The van der Waals surface area contributed by atoms with Crippen LogP contribution in [0.2, 0.25) is 0 Å². The minimum Gasteiger partial charge on any atom is -0.350 e. The highest BCUT2D eigenvalue weighted by molar-refractivity contribution is 7.92. The quantitative estimate of drug-likeness (QED) is 0.736. The normalized spacial score (nSPS) is 16.5. The summed E-state index contributed by atoms with van der Waals surface area (Å²) < 4.78 is 26.1. The Balaban J connectivity index is 1.82. The Kier molecular flexibility index (Phi) is 6.77. The Morgan fingerprint density at radius 3 is 2.57 bits per heavy atom. The molecule has 2 aromatic rings. The van der Waals surface area contributed by atoms with Crippen LogP contribution in [0.5, 0.6) is 0 Å². The second-order valence-electron chi connectivity index (χ2n) is 7.43. The molecule has 1 saturated heterocycles. The monoisotopic (exact) mass is 429 g/mol. The van der Waals surface area contributed by atoms with E-state index in [4.69, 9.17) is 0 Å². The van der Waals surface area contributed by atoms with Gasteiger partial charge in [0.25, 0.3) is 11.8 Å². The van der Waals surface area contributed by atoms with Gasteiger partial charge in [0.05, 0.1) is 22.7 Å². The molecule has 0 bridgehead atoms. The number of carbonyl (C=O) groups excluding carboxylic acids is 2. The van der Waals surface area contributed by atoms with Crippen LogP contribution in [0.25, 0.3) is 0 Å². The lowest BCUT2D eigenvalue weighted by atomic mass is 10.1. The Labute approximate surface area is 177 Å². The number of hydrogen-bond acceptors (Lipinski definition) is 4. The standard InChI is InChI=1S/C22H27N3O4S/c1-3-16(2)23-22(27)19-11-4-5-12-20(19)24-21(26)17-9-8-10-18(15-17)25-13-6-7-14-30(25,28)29/h4-5,8-12,15-16H,3,6-7,13-14H2,1-2H3,(H,23,27)(H,24,26)/t16-/m0/s1. The molecule has 30 heavy (non-hydrogen) atoms. The third kappa shape index (κ3) is 4.99. The first-order valence-corrected chi connectivity index (χ1v) is 11.7. The van der Waals surface area contributed by atoms with Gasteiger partial charge in [0.15, 0.2) is 0 Å². The predicted octanol–water partition coefficient (Wildman–Crippen LogP) is 3.40. The van der Waals surface area contributed by atoms with Crippen molar-refractivity contribution in [3.05, 3.63) is 59.7 Å². The fourth-order valence-corrected chi connectivity index (χ4v) is 4.90. The van der Waals surface area contributed by atoms with E-state index in [0.717, 1.165) is 12.8 Å². The van der Waals surface area contributed by atoms with E-state index >= 15 is 0 Å². The van der Waals surface area contributed by atoms with Gasteiger partial charge >= 0.3 is 0 Å². The van der Waals surface area contributed by atoms with Crippen molar-refractivity contribution in [1.82, 2.24) is 5.32 Å². The molecule has 0 saturated carbocycles. The van der Waals surface area contributed by atoms with Crippen LogP contribution in [-0.2, 0) is 10.0 Å². The van der Waals surface area contributed by atoms with Crippen LogP contribution >= 0.6 is 0 Å². The molecule has 1 fully saturated rings. The highest BCUT2D eigenvalue weighted by Crippen LogP contribution is 2.25. The summed E-state index contributed by atoms with van der Waals surface area (Å²) in [6, 6.07) is 13.4. The first kappa shape index (κ1) is 21.8. The molecule has 7 nitrogen and oxygen atoms in total. The van der Waals surface area contributed by atoms with Gasteiger partial charge in [0, 0.05) is 18.2 Å². The van der Waals surface area contributed by atoms with Crippen LogP contribution in [0.1, 0.15) is 53.8 Å². The molecule has 160 valence electrons. The van der Waals surface area contributed by atoms with Crippen LogP contribution < -0.4 is 14.9 Å². The van der Waals surface area contributed by atoms with E-state index in [-0.39, 0.29) is 17.7 Å². The number of nitrogens with zero attached hydrogens (tertiary/aromatic N) is 1. The molecule has 1 atom stereocenters. The molecule has 3 rings (SSSR count). The zero-order valence-corrected chi connectivity index (χ0v) is 18.0. The minimum atomic E-state index is -3.36. The largest absolute Gasteiger partial charge is 0.350 e. The zero-order chi connectivity index (χ0) is 21.7. The van der Waals surface area contributed by atoms with Crippen molar-refractivity contribution in [2.24, 2.45) is 0 Å². The number of amides is 2. The second-order valence-corrected chi connectivity index (χ2v) is 9.44. The molecule has 0 spiro atoms. The number of rotatable bonds is 6. The predicted molar refractivity (Wildman–Crippen MR) is 118 cm³/mol. The highest BCUT2D eigenvalue weighted by atomic mass is 32.2. The fourth-order valence-electron chi connectivity index (χ4n) is 3.27. The Morgan fingerprint density at radius 2 is 1.83 bits per heavy atom. The third-order valence-electron chi connectivity index (χ3n) is 5.16. The number of carbonyl (C=O) groups is 2. The molecule has 1 heterocycles. The van der Waals surface area contributed by atoms with Crippen LogP contribution in [0.4, 0.5) is 11.4 Å². The van der Waals surface area contributed by atoms with E-state index in [1.54, 1.807) is 48.5 Å². The molecule has 2 amide bonds. The average molecular weight is 430 g/mol. The summed E-state index contributed by atoms with van der Waals surface area (Å²) >= 11 is 0. The van der Waals surface area contributed by atoms with Crippen molar-refractivity contribution in [2.45, 2.75) is 39.2 Å². The topological polar surface area (TPSA) is 95.6 Å². The molecule has 0 aliphatic carbocycles. The third-order valence-corrected chi connectivity index (χ3v) is 7.02. The zero-order valence-electron chi connectivity index (χ0n) is 17.2. The van der Waals surface area contributed by atoms with Crippen LogP contribution in [0.15, 0.2) is 48.5 Å². The summed E-state index contributed by atoms with van der Waals surface area (Å²) in [4.78, 5) is 25.4. The van der Waals surface area contributed by atoms with Crippen LogP contribution in [0, 0.1) is 0 Å². The number of hydrogen-bond donors (Lipinski definition) is 2. The van der Waals surface area contributed by atoms with Crippen molar-refractivity contribution in [2.75, 3.05) is 21.9 Å². The number of nitrogens with one attached hydrogen (secondary N) is 2. The maximum atomic E-state index is 12.9. The molecular weight excluding hydrogens is 402 g/mol. The van der Waals surface area contributed by atoms with Gasteiger partial charge in [-0.15, -0.1) is 0 Å². The molecule has 8 heteroatoms. The Hall–Kier alpha value is -2.87. The van der Waals surface area contributed by atoms with Gasteiger partial charge in [-0.1, -0.05) is 25.1 Å². The van der Waals surface area contributed by atoms with Crippen molar-refractivity contribution >= 4 is 33.2 Å². The molecule has 0 unspecified atom stereocenters. The van der Waals surface area contributed by atoms with E-state index in [2.05, 4.69) is 10.6 Å². The lowest BCUT2D eigenvalue weighted by Gasteiger charge is -2.28. The van der Waals surface area contributed by atoms with Gasteiger partial charge in [-0.3, -0.25) is 13.9 Å². The first-order valence-electron chi connectivity index (χ1n) is 10.1. The fraction of sp³-hybridized carbons (Fsp3) is 0.364. The Bertz CT molecular complexity index is 1040. The van der Waals surface area contributed by atoms with Crippen molar-refractivity contribution in [1.29, 1.82) is 0 Å². The molecule has 1 aliphatic rings. The smallest absolute Gasteiger partial charge is 0.255 e. The maximum Gasteiger partial charge on any atom is 0.255 e. The number of para-hydroxylation sites is 1. The average Bonchev–Trinajstić information content (AvgIpc) is 2.73. The number of benzene rings is 2. The van der Waals surface area contributed by atoms with Crippen molar-refractivity contribution < 1.29 is 18.0 Å². The van der Waals surface area contributed by atoms with Gasteiger partial charge < -0.3 is 10.6 Å². The minimum absolute atomic E-state index is 0.0180. The summed E-state index contributed by atoms with van der Waals surface area (Å²) in [5, 5.41) is 5.68. The van der Waals surface area contributed by atoms with Crippen molar-refractivity contribution in [3.8, 4) is 0 Å². The second kappa shape index (κ2) is 9.30. The van der Waals surface area contributed by atoms with Crippen LogP contribution in [-0.4, -0.2) is 38.6 Å². The molecule has 2 aromatic carbocycles. The van der Waals surface area contributed by atoms with Gasteiger partial charge in [-0.05, 0) is 56.5 Å². The lowest BCUT2D eigenvalue weighted by molar-refractivity contribution is 0.0940. The van der Waals surface area contributed by atoms with E-state index in [9.17, 15) is 18.0 Å². The van der Waals surface area contributed by atoms with Gasteiger partial charge in [0.1, 0.15) is 0 Å². The van der Waals surface area contributed by atoms with E-state index in [0.29, 0.717) is 35.5 Å². The van der Waals surface area contributed by atoms with Gasteiger partial charge in [-0.25, -0.2) is 8.42 Å². The van der Waals surface area contributed by atoms with E-state index in [1.165, 1.54) is 4.31 Å². The first-order chi connectivity index (χ1) is 14.3. The summed E-state index contributed by atoms with van der Waals surface area (Å²) in [7, 11) is -3.36.